The van der Waals surface area contributed by atoms with Crippen LogP contribution in [-0.2, 0) is 10.8 Å². The minimum atomic E-state index is -1.78. The van der Waals surface area contributed by atoms with Gasteiger partial charge in [0, 0.05) is 21.7 Å². The predicted molar refractivity (Wildman–Crippen MR) is 105 cm³/mol. The molecule has 1 unspecified atom stereocenters. The first kappa shape index (κ1) is 17.1. The Hall–Kier alpha value is -3.31. The number of nitrogens with one attached hydrogen (secondary N) is 1. The van der Waals surface area contributed by atoms with E-state index >= 15 is 0 Å². The maximum absolute atomic E-state index is 13.2. The third-order valence-electron chi connectivity index (χ3n) is 4.26. The molecule has 0 aromatic heterocycles. The Morgan fingerprint density at radius 1 is 0.630 bits per heavy atom. The fourth-order valence-corrected chi connectivity index (χ4v) is 4.22. The summed E-state index contributed by atoms with van der Waals surface area (Å²) >= 11 is 0. The van der Waals surface area contributed by atoms with Crippen molar-refractivity contribution in [2.45, 2.75) is 4.90 Å². The lowest BCUT2D eigenvalue weighted by molar-refractivity contribution is 0.0982. The van der Waals surface area contributed by atoms with Gasteiger partial charge in [0.1, 0.15) is 10.6 Å². The molecule has 1 atom stereocenters. The van der Waals surface area contributed by atoms with Crippen molar-refractivity contribution in [2.24, 2.45) is 0 Å². The van der Waals surface area contributed by atoms with Gasteiger partial charge in [-0.05, 0) is 24.3 Å². The van der Waals surface area contributed by atoms with Crippen molar-refractivity contribution in [1.82, 2.24) is 0 Å². The van der Waals surface area contributed by atoms with Crippen molar-refractivity contribution in [2.75, 3.05) is 5.32 Å². The van der Waals surface area contributed by atoms with Crippen LogP contribution in [0.25, 0.3) is 0 Å². The second kappa shape index (κ2) is 7.13. The average molecular weight is 373 g/mol. The zero-order valence-electron chi connectivity index (χ0n) is 14.2. The van der Waals surface area contributed by atoms with Crippen LogP contribution in [0.3, 0.4) is 0 Å². The molecule has 0 radical (unpaired) electrons. The number of hydrogen-bond donors (Lipinski definition) is 1. The Labute approximate surface area is 159 Å². The fraction of sp³-hybridized carbons (Fsp3) is 0. The highest BCUT2D eigenvalue weighted by Crippen LogP contribution is 2.31. The van der Waals surface area contributed by atoms with Crippen LogP contribution in [0.2, 0.25) is 0 Å². The number of rotatable bonds is 4. The van der Waals surface area contributed by atoms with Crippen molar-refractivity contribution >= 4 is 28.1 Å². The van der Waals surface area contributed by atoms with Gasteiger partial charge in [0.15, 0.2) is 0 Å². The highest BCUT2D eigenvalue weighted by molar-refractivity contribution is 7.90. The lowest BCUT2D eigenvalue weighted by Crippen LogP contribution is -2.28. The van der Waals surface area contributed by atoms with E-state index in [9.17, 15) is 13.8 Å². The highest BCUT2D eigenvalue weighted by atomic mass is 32.2. The van der Waals surface area contributed by atoms with E-state index in [-0.39, 0.29) is 21.9 Å². The second-order valence-corrected chi connectivity index (χ2v) is 7.40. The number of hydrogen-bond acceptors (Lipinski definition) is 4. The lowest BCUT2D eigenvalue weighted by Gasteiger charge is -2.21. The minimum Gasteiger partial charge on any atom is -0.351 e. The number of benzene rings is 3. The third kappa shape index (κ3) is 3.13. The summed E-state index contributed by atoms with van der Waals surface area (Å²) in [5, 5.41) is 3.02. The first-order valence-electron chi connectivity index (χ1n) is 8.38. The van der Waals surface area contributed by atoms with Gasteiger partial charge in [0.25, 0.3) is 0 Å². The number of fused-ring (bicyclic) bond motifs is 1. The molecule has 1 aliphatic rings. The molecule has 3 aromatic carbocycles. The van der Waals surface area contributed by atoms with Crippen molar-refractivity contribution < 1.29 is 13.8 Å². The van der Waals surface area contributed by atoms with Crippen LogP contribution >= 0.6 is 0 Å². The van der Waals surface area contributed by atoms with Crippen molar-refractivity contribution in [3.63, 3.8) is 0 Å². The molecule has 1 aliphatic carbocycles. The molecule has 0 fully saturated rings. The standard InChI is InChI=1S/C22H15NO3S/c24-20-17-13-7-8-14-18(17)21(25)22(27(26)16-11-5-2-6-12-16)19(20)23-15-9-3-1-4-10-15/h1-14,23H. The number of ketones is 2. The molecule has 5 heteroatoms. The molecule has 0 spiro atoms. The van der Waals surface area contributed by atoms with E-state index in [1.165, 1.54) is 0 Å². The molecule has 0 heterocycles. The quantitative estimate of drug-likeness (QED) is 0.745. The molecule has 0 amide bonds. The molecule has 0 aliphatic heterocycles. The van der Waals surface area contributed by atoms with Gasteiger partial charge in [-0.2, -0.15) is 0 Å². The summed E-state index contributed by atoms with van der Waals surface area (Å²) in [6, 6.07) is 24.4. The maximum atomic E-state index is 13.2. The van der Waals surface area contributed by atoms with Crippen LogP contribution in [0.1, 0.15) is 20.7 Å². The summed E-state index contributed by atoms with van der Waals surface area (Å²) in [4.78, 5) is 26.7. The van der Waals surface area contributed by atoms with Crippen molar-refractivity contribution in [3.05, 3.63) is 107 Å². The number of carbonyl (C=O) groups is 2. The number of anilines is 1. The van der Waals surface area contributed by atoms with Gasteiger partial charge >= 0.3 is 0 Å². The molecule has 0 saturated heterocycles. The van der Waals surface area contributed by atoms with Crippen LogP contribution in [0.4, 0.5) is 5.69 Å². The van der Waals surface area contributed by atoms with E-state index in [0.717, 1.165) is 0 Å². The van der Waals surface area contributed by atoms with E-state index in [2.05, 4.69) is 5.32 Å². The molecular formula is C22H15NO3S. The summed E-state index contributed by atoms with van der Waals surface area (Å²) in [6.07, 6.45) is 0. The topological polar surface area (TPSA) is 63.2 Å². The minimum absolute atomic E-state index is 0.0197. The molecule has 132 valence electrons. The highest BCUT2D eigenvalue weighted by Gasteiger charge is 2.35. The number of para-hydroxylation sites is 1. The maximum Gasteiger partial charge on any atom is 0.211 e. The number of allylic oxidation sites excluding steroid dienone is 2. The van der Waals surface area contributed by atoms with Crippen LogP contribution in [0.5, 0.6) is 0 Å². The van der Waals surface area contributed by atoms with Gasteiger partial charge in [-0.15, -0.1) is 0 Å². The smallest absolute Gasteiger partial charge is 0.211 e. The van der Waals surface area contributed by atoms with E-state index in [4.69, 9.17) is 0 Å². The normalized spacial score (nSPS) is 14.7. The summed E-state index contributed by atoms with van der Waals surface area (Å²) < 4.78 is 13.2. The summed E-state index contributed by atoms with van der Waals surface area (Å²) in [5.74, 6) is -0.737. The Bertz CT molecular complexity index is 1090. The SMILES string of the molecule is O=C1C(Nc2ccccc2)=C(S(=O)c2ccccc2)C(=O)c2ccccc21. The molecule has 4 rings (SSSR count). The zero-order chi connectivity index (χ0) is 18.8. The van der Waals surface area contributed by atoms with Crippen LogP contribution in [0.15, 0.2) is 100 Å². The average Bonchev–Trinajstić information content (AvgIpc) is 2.73. The van der Waals surface area contributed by atoms with Gasteiger partial charge in [-0.3, -0.25) is 9.59 Å². The summed E-state index contributed by atoms with van der Waals surface area (Å²) in [5.41, 5.74) is 1.30. The van der Waals surface area contributed by atoms with Crippen LogP contribution in [0, 0.1) is 0 Å². The molecule has 4 nitrogen and oxygen atoms in total. The van der Waals surface area contributed by atoms with Crippen molar-refractivity contribution in [3.8, 4) is 0 Å². The van der Waals surface area contributed by atoms with Crippen molar-refractivity contribution in [1.29, 1.82) is 0 Å². The number of carbonyl (C=O) groups excluding carboxylic acids is 2. The third-order valence-corrected chi connectivity index (χ3v) is 5.72. The van der Waals surface area contributed by atoms with Crippen LogP contribution < -0.4 is 5.32 Å². The van der Waals surface area contributed by atoms with E-state index in [0.29, 0.717) is 16.1 Å². The molecule has 1 N–H and O–H groups in total. The van der Waals surface area contributed by atoms with E-state index in [1.807, 2.05) is 18.2 Å². The first-order chi connectivity index (χ1) is 13.2. The summed E-state index contributed by atoms with van der Waals surface area (Å²) in [7, 11) is -1.78. The van der Waals surface area contributed by atoms with Gasteiger partial charge in [-0.1, -0.05) is 60.7 Å². The molecule has 0 saturated carbocycles. The Morgan fingerprint density at radius 3 is 1.78 bits per heavy atom. The summed E-state index contributed by atoms with van der Waals surface area (Å²) in [6.45, 7) is 0. The zero-order valence-corrected chi connectivity index (χ0v) is 15.0. The van der Waals surface area contributed by atoms with Gasteiger partial charge in [-0.25, -0.2) is 4.21 Å². The van der Waals surface area contributed by atoms with E-state index < -0.39 is 16.6 Å². The molecule has 27 heavy (non-hydrogen) atoms. The Balaban J connectivity index is 1.89. The van der Waals surface area contributed by atoms with E-state index in [1.54, 1.807) is 66.7 Å². The lowest BCUT2D eigenvalue weighted by atomic mass is 9.92. The van der Waals surface area contributed by atoms with Gasteiger partial charge < -0.3 is 5.32 Å². The largest absolute Gasteiger partial charge is 0.351 e. The fourth-order valence-electron chi connectivity index (χ4n) is 2.97. The number of Topliss-reactive ketones (excluding diaryl/α,β-unsaturated/α-hetero) is 2. The Morgan fingerprint density at radius 2 is 1.15 bits per heavy atom. The monoisotopic (exact) mass is 373 g/mol. The van der Waals surface area contributed by atoms with Gasteiger partial charge in [0.2, 0.25) is 11.6 Å². The molecule has 0 bridgehead atoms. The molecular weight excluding hydrogens is 358 g/mol. The first-order valence-corrected chi connectivity index (χ1v) is 9.53. The van der Waals surface area contributed by atoms with Crippen LogP contribution in [-0.4, -0.2) is 15.8 Å². The second-order valence-electron chi connectivity index (χ2n) is 5.98. The predicted octanol–water partition coefficient (Wildman–Crippen LogP) is 4.20. The molecule has 3 aromatic rings. The Kier molecular flexibility index (Phi) is 4.52. The van der Waals surface area contributed by atoms with Gasteiger partial charge in [0.05, 0.1) is 10.8 Å².